The maximum atomic E-state index is 13.7. The van der Waals surface area contributed by atoms with Gasteiger partial charge in [0.05, 0.1) is 14.2 Å². The predicted molar refractivity (Wildman–Crippen MR) is 125 cm³/mol. The molecule has 176 valence electrons. The van der Waals surface area contributed by atoms with Gasteiger partial charge in [-0.05, 0) is 49.2 Å². The molecule has 0 amide bonds. The molecular weight excluding hydrogens is 442 g/mol. The molecule has 8 nitrogen and oxygen atoms in total. The summed E-state index contributed by atoms with van der Waals surface area (Å²) in [5.74, 6) is 1.13. The van der Waals surface area contributed by atoms with Crippen molar-refractivity contribution in [2.24, 2.45) is 0 Å². The summed E-state index contributed by atoms with van der Waals surface area (Å²) >= 11 is 0. The third kappa shape index (κ3) is 5.61. The SMILES string of the molecule is COc1ccc(CN(Cc2ccc(OC)cc2)S(=O)(=O)c2cc(C(C)=O)n(C(C)C)n2)cc1. The van der Waals surface area contributed by atoms with Crippen LogP contribution in [-0.4, -0.2) is 42.5 Å². The molecule has 0 bridgehead atoms. The van der Waals surface area contributed by atoms with Gasteiger partial charge in [0, 0.05) is 32.1 Å². The van der Waals surface area contributed by atoms with Gasteiger partial charge in [0.15, 0.2) is 10.8 Å². The van der Waals surface area contributed by atoms with Crippen molar-refractivity contribution in [3.8, 4) is 11.5 Å². The van der Waals surface area contributed by atoms with Gasteiger partial charge in [0.25, 0.3) is 10.0 Å². The average molecular weight is 472 g/mol. The Labute approximate surface area is 194 Å². The molecule has 3 rings (SSSR count). The molecule has 33 heavy (non-hydrogen) atoms. The van der Waals surface area contributed by atoms with Crippen LogP contribution in [0.5, 0.6) is 11.5 Å². The first-order valence-electron chi connectivity index (χ1n) is 10.5. The molecule has 0 spiro atoms. The van der Waals surface area contributed by atoms with Crippen molar-refractivity contribution in [3.63, 3.8) is 0 Å². The minimum atomic E-state index is -4.01. The van der Waals surface area contributed by atoms with E-state index < -0.39 is 10.0 Å². The number of ketones is 1. The zero-order valence-corrected chi connectivity index (χ0v) is 20.3. The number of hydrogen-bond donors (Lipinski definition) is 0. The van der Waals surface area contributed by atoms with Crippen LogP contribution in [0.2, 0.25) is 0 Å². The smallest absolute Gasteiger partial charge is 0.263 e. The minimum absolute atomic E-state index is 0.127. The summed E-state index contributed by atoms with van der Waals surface area (Å²) in [6, 6.07) is 15.6. The molecule has 0 unspecified atom stereocenters. The lowest BCUT2D eigenvalue weighted by Crippen LogP contribution is -2.30. The van der Waals surface area contributed by atoms with Crippen LogP contribution in [0.15, 0.2) is 59.6 Å². The number of Topliss-reactive ketones (excluding diaryl/α,β-unsaturated/α-hetero) is 1. The summed E-state index contributed by atoms with van der Waals surface area (Å²) in [6.07, 6.45) is 0. The fourth-order valence-corrected chi connectivity index (χ4v) is 4.74. The summed E-state index contributed by atoms with van der Waals surface area (Å²) in [7, 11) is -0.858. The molecule has 0 aliphatic carbocycles. The topological polar surface area (TPSA) is 90.7 Å². The molecule has 0 fully saturated rings. The monoisotopic (exact) mass is 471 g/mol. The van der Waals surface area contributed by atoms with E-state index >= 15 is 0 Å². The summed E-state index contributed by atoms with van der Waals surface area (Å²) in [6.45, 7) is 5.36. The predicted octanol–water partition coefficient (Wildman–Crippen LogP) is 4.07. The van der Waals surface area contributed by atoms with Crippen molar-refractivity contribution in [2.75, 3.05) is 14.2 Å². The van der Waals surface area contributed by atoms with E-state index in [9.17, 15) is 13.2 Å². The molecular formula is C24H29N3O5S. The first kappa shape index (κ1) is 24.5. The van der Waals surface area contributed by atoms with Gasteiger partial charge in [-0.1, -0.05) is 24.3 Å². The standard InChI is InChI=1S/C24H29N3O5S/c1-17(2)27-23(18(3)28)14-24(25-27)33(29,30)26(15-19-6-10-21(31-4)11-7-19)16-20-8-12-22(32-5)13-9-20/h6-14,17H,15-16H2,1-5H3. The normalized spacial score (nSPS) is 11.7. The Bertz CT molecular complexity index is 1150. The Kier molecular flexibility index (Phi) is 7.55. The van der Waals surface area contributed by atoms with Crippen molar-refractivity contribution in [1.29, 1.82) is 0 Å². The van der Waals surface area contributed by atoms with Gasteiger partial charge in [-0.2, -0.15) is 9.40 Å². The van der Waals surface area contributed by atoms with E-state index in [1.165, 1.54) is 22.0 Å². The van der Waals surface area contributed by atoms with Gasteiger partial charge in [0.1, 0.15) is 17.2 Å². The van der Waals surface area contributed by atoms with Gasteiger partial charge < -0.3 is 9.47 Å². The Morgan fingerprint density at radius 1 is 0.939 bits per heavy atom. The molecule has 2 aromatic carbocycles. The molecule has 3 aromatic rings. The molecule has 0 aliphatic heterocycles. The highest BCUT2D eigenvalue weighted by Crippen LogP contribution is 2.24. The number of carbonyl (C=O) groups is 1. The Hall–Kier alpha value is -3.17. The van der Waals surface area contributed by atoms with Gasteiger partial charge in [0.2, 0.25) is 0 Å². The van der Waals surface area contributed by atoms with Crippen molar-refractivity contribution in [1.82, 2.24) is 14.1 Å². The van der Waals surface area contributed by atoms with Crippen molar-refractivity contribution in [3.05, 3.63) is 71.4 Å². The van der Waals surface area contributed by atoms with Crippen LogP contribution < -0.4 is 9.47 Å². The fourth-order valence-electron chi connectivity index (χ4n) is 3.38. The maximum Gasteiger partial charge on any atom is 0.263 e. The summed E-state index contributed by atoms with van der Waals surface area (Å²) in [4.78, 5) is 12.1. The highest BCUT2D eigenvalue weighted by atomic mass is 32.2. The van der Waals surface area contributed by atoms with Crippen LogP contribution in [0.4, 0.5) is 0 Å². The van der Waals surface area contributed by atoms with Crippen molar-refractivity contribution >= 4 is 15.8 Å². The number of rotatable bonds is 10. The number of carbonyl (C=O) groups excluding carboxylic acids is 1. The molecule has 0 radical (unpaired) electrons. The number of benzene rings is 2. The minimum Gasteiger partial charge on any atom is -0.497 e. The molecule has 9 heteroatoms. The number of methoxy groups -OCH3 is 2. The fraction of sp³-hybridized carbons (Fsp3) is 0.333. The van der Waals surface area contributed by atoms with E-state index in [1.807, 2.05) is 38.1 Å². The Morgan fingerprint density at radius 3 is 1.73 bits per heavy atom. The molecule has 0 N–H and O–H groups in total. The van der Waals surface area contributed by atoms with Crippen LogP contribution in [0.1, 0.15) is 48.4 Å². The molecule has 1 heterocycles. The third-order valence-electron chi connectivity index (χ3n) is 5.20. The van der Waals surface area contributed by atoms with E-state index in [-0.39, 0.29) is 35.6 Å². The maximum absolute atomic E-state index is 13.7. The molecule has 0 atom stereocenters. The quantitative estimate of drug-likeness (QED) is 0.414. The molecule has 1 aromatic heterocycles. The van der Waals surface area contributed by atoms with E-state index in [1.54, 1.807) is 38.5 Å². The average Bonchev–Trinajstić information content (AvgIpc) is 3.27. The molecule has 0 saturated heterocycles. The van der Waals surface area contributed by atoms with Gasteiger partial charge in [-0.3, -0.25) is 9.48 Å². The molecule has 0 aliphatic rings. The van der Waals surface area contributed by atoms with Crippen molar-refractivity contribution < 1.29 is 22.7 Å². The summed E-state index contributed by atoms with van der Waals surface area (Å²) in [5.41, 5.74) is 1.85. The van der Waals surface area contributed by atoms with E-state index in [2.05, 4.69) is 5.10 Å². The summed E-state index contributed by atoms with van der Waals surface area (Å²) in [5, 5.41) is 4.14. The van der Waals surface area contributed by atoms with Crippen LogP contribution in [-0.2, 0) is 23.1 Å². The Morgan fingerprint density at radius 2 is 1.39 bits per heavy atom. The second-order valence-electron chi connectivity index (χ2n) is 7.93. The lowest BCUT2D eigenvalue weighted by atomic mass is 10.2. The first-order chi connectivity index (χ1) is 15.6. The van der Waals surface area contributed by atoms with E-state index in [0.29, 0.717) is 11.5 Å². The number of hydrogen-bond acceptors (Lipinski definition) is 6. The van der Waals surface area contributed by atoms with Crippen LogP contribution in [0, 0.1) is 0 Å². The second kappa shape index (κ2) is 10.2. The first-order valence-corrected chi connectivity index (χ1v) is 12.0. The highest BCUT2D eigenvalue weighted by molar-refractivity contribution is 7.89. The highest BCUT2D eigenvalue weighted by Gasteiger charge is 2.30. The number of ether oxygens (including phenoxy) is 2. The zero-order chi connectivity index (χ0) is 24.2. The number of sulfonamides is 1. The number of aromatic nitrogens is 2. The third-order valence-corrected chi connectivity index (χ3v) is 6.87. The van der Waals surface area contributed by atoms with Crippen molar-refractivity contribution in [2.45, 2.75) is 44.9 Å². The van der Waals surface area contributed by atoms with Crippen LogP contribution >= 0.6 is 0 Å². The second-order valence-corrected chi connectivity index (χ2v) is 9.82. The van der Waals surface area contributed by atoms with E-state index in [0.717, 1.165) is 11.1 Å². The lowest BCUT2D eigenvalue weighted by Gasteiger charge is -2.21. The lowest BCUT2D eigenvalue weighted by molar-refractivity contribution is 0.100. The molecule has 0 saturated carbocycles. The largest absolute Gasteiger partial charge is 0.497 e. The number of nitrogens with zero attached hydrogens (tertiary/aromatic N) is 3. The van der Waals surface area contributed by atoms with Gasteiger partial charge in [-0.25, -0.2) is 8.42 Å². The Balaban J connectivity index is 2.02. The van der Waals surface area contributed by atoms with E-state index in [4.69, 9.17) is 9.47 Å². The van der Waals surface area contributed by atoms with Crippen LogP contribution in [0.3, 0.4) is 0 Å². The van der Waals surface area contributed by atoms with Gasteiger partial charge >= 0.3 is 0 Å². The van der Waals surface area contributed by atoms with Gasteiger partial charge in [-0.15, -0.1) is 0 Å². The zero-order valence-electron chi connectivity index (χ0n) is 19.5. The van der Waals surface area contributed by atoms with Crippen LogP contribution in [0.25, 0.3) is 0 Å². The summed E-state index contributed by atoms with van der Waals surface area (Å²) < 4.78 is 40.6.